The third-order valence-electron chi connectivity index (χ3n) is 6.36. The van der Waals surface area contributed by atoms with Crippen LogP contribution >= 0.6 is 11.6 Å². The summed E-state index contributed by atoms with van der Waals surface area (Å²) in [7, 11) is 0. The number of hydrogen-bond acceptors (Lipinski definition) is 7. The van der Waals surface area contributed by atoms with E-state index in [4.69, 9.17) is 22.1 Å². The molecule has 2 atom stereocenters. The molecule has 36 heavy (non-hydrogen) atoms. The zero-order chi connectivity index (χ0) is 25.3. The average molecular weight is 507 g/mol. The highest BCUT2D eigenvalue weighted by Gasteiger charge is 2.49. The molecule has 2 aromatic carbocycles. The van der Waals surface area contributed by atoms with Gasteiger partial charge in [-0.1, -0.05) is 41.9 Å². The summed E-state index contributed by atoms with van der Waals surface area (Å²) < 4.78 is 5.74. The van der Waals surface area contributed by atoms with Gasteiger partial charge < -0.3 is 20.7 Å². The van der Waals surface area contributed by atoms with Crippen molar-refractivity contribution in [2.24, 2.45) is 0 Å². The van der Waals surface area contributed by atoms with Crippen LogP contribution in [0.1, 0.15) is 27.9 Å². The van der Waals surface area contributed by atoms with Gasteiger partial charge in [-0.3, -0.25) is 14.9 Å². The van der Waals surface area contributed by atoms with Crippen molar-refractivity contribution in [3.05, 3.63) is 82.6 Å². The fourth-order valence-electron chi connectivity index (χ4n) is 4.61. The fraction of sp³-hybridized carbons (Fsp3) is 0.240. The Morgan fingerprint density at radius 3 is 2.69 bits per heavy atom. The van der Waals surface area contributed by atoms with Gasteiger partial charge in [0.2, 0.25) is 11.9 Å². The lowest BCUT2D eigenvalue weighted by Crippen LogP contribution is -2.50. The Hall–Kier alpha value is -4.18. The van der Waals surface area contributed by atoms with Gasteiger partial charge in [-0.25, -0.2) is 14.8 Å². The molecule has 1 saturated heterocycles. The van der Waals surface area contributed by atoms with Crippen molar-refractivity contribution in [2.75, 3.05) is 24.1 Å². The fourth-order valence-corrected chi connectivity index (χ4v) is 4.78. The lowest BCUT2D eigenvalue weighted by Gasteiger charge is -2.35. The van der Waals surface area contributed by atoms with Crippen LogP contribution in [0.2, 0.25) is 5.02 Å². The second kappa shape index (κ2) is 9.46. The molecule has 4 N–H and O–H groups in total. The van der Waals surface area contributed by atoms with Gasteiger partial charge in [0.25, 0.3) is 5.91 Å². The molecule has 1 spiro atoms. The highest BCUT2D eigenvalue weighted by Crippen LogP contribution is 2.43. The third kappa shape index (κ3) is 4.67. The number of amides is 3. The average Bonchev–Trinajstić information content (AvgIpc) is 3.29. The maximum absolute atomic E-state index is 13.7. The lowest BCUT2D eigenvalue weighted by atomic mass is 9.90. The summed E-state index contributed by atoms with van der Waals surface area (Å²) >= 11 is 6.23. The van der Waals surface area contributed by atoms with Crippen LogP contribution in [0.3, 0.4) is 0 Å². The van der Waals surface area contributed by atoms with E-state index in [1.807, 2.05) is 30.3 Å². The van der Waals surface area contributed by atoms with Gasteiger partial charge in [0, 0.05) is 42.4 Å². The number of carbonyl (C=O) groups is 3. The summed E-state index contributed by atoms with van der Waals surface area (Å²) in [5.41, 5.74) is 6.87. The van der Waals surface area contributed by atoms with Crippen molar-refractivity contribution >= 4 is 41.1 Å². The highest BCUT2D eigenvalue weighted by molar-refractivity contribution is 6.30. The maximum atomic E-state index is 13.7. The quantitative estimate of drug-likeness (QED) is 0.483. The zero-order valence-electron chi connectivity index (χ0n) is 19.1. The van der Waals surface area contributed by atoms with Crippen molar-refractivity contribution < 1.29 is 19.1 Å². The molecule has 0 radical (unpaired) electrons. The number of nitrogens with two attached hydrogens (primary N) is 1. The van der Waals surface area contributed by atoms with Crippen LogP contribution in [-0.2, 0) is 21.6 Å². The first-order valence-corrected chi connectivity index (χ1v) is 11.7. The number of fused-ring (bicyclic) bond motifs is 2. The van der Waals surface area contributed by atoms with E-state index in [-0.39, 0.29) is 30.4 Å². The van der Waals surface area contributed by atoms with E-state index in [0.29, 0.717) is 29.2 Å². The monoisotopic (exact) mass is 506 g/mol. The van der Waals surface area contributed by atoms with Crippen molar-refractivity contribution in [3.63, 3.8) is 0 Å². The topological polar surface area (TPSA) is 140 Å². The van der Waals surface area contributed by atoms with E-state index < -0.39 is 23.6 Å². The molecule has 2 aliphatic rings. The normalized spacial score (nSPS) is 19.2. The molecular weight excluding hydrogens is 484 g/mol. The molecule has 0 bridgehead atoms. The number of nitrogen functional groups attached to an aromatic ring is 1. The lowest BCUT2D eigenvalue weighted by molar-refractivity contribution is -0.133. The molecule has 3 aromatic rings. The molecule has 1 aromatic heterocycles. The van der Waals surface area contributed by atoms with Gasteiger partial charge in [0.1, 0.15) is 6.04 Å². The van der Waals surface area contributed by atoms with Crippen LogP contribution < -0.4 is 16.4 Å². The SMILES string of the molecule is Nc1ncc(C(=O)NC(Cc2ccccc2)C(=O)N2CCC3(C2)OC(=O)Nc2ccc(Cl)cc23)cn1. The zero-order valence-corrected chi connectivity index (χ0v) is 19.9. The summed E-state index contributed by atoms with van der Waals surface area (Å²) in [4.78, 5) is 48.3. The number of nitrogens with one attached hydrogen (secondary N) is 2. The number of aromatic nitrogens is 2. The Kier molecular flexibility index (Phi) is 6.19. The summed E-state index contributed by atoms with van der Waals surface area (Å²) in [5, 5.41) is 6.00. The number of ether oxygens (including phenoxy) is 1. The minimum Gasteiger partial charge on any atom is -0.436 e. The molecule has 184 valence electrons. The van der Waals surface area contributed by atoms with E-state index in [1.54, 1.807) is 23.1 Å². The van der Waals surface area contributed by atoms with Gasteiger partial charge in [0.05, 0.1) is 17.8 Å². The molecule has 2 aliphatic heterocycles. The first kappa shape index (κ1) is 23.6. The second-order valence-electron chi connectivity index (χ2n) is 8.75. The predicted octanol–water partition coefficient (Wildman–Crippen LogP) is 2.74. The third-order valence-corrected chi connectivity index (χ3v) is 6.60. The number of carbonyl (C=O) groups excluding carboxylic acids is 3. The smallest absolute Gasteiger partial charge is 0.412 e. The summed E-state index contributed by atoms with van der Waals surface area (Å²) in [6.07, 6.45) is 2.70. The van der Waals surface area contributed by atoms with Gasteiger partial charge in [-0.2, -0.15) is 0 Å². The van der Waals surface area contributed by atoms with Crippen LogP contribution in [0.5, 0.6) is 0 Å². The Morgan fingerprint density at radius 2 is 1.94 bits per heavy atom. The van der Waals surface area contributed by atoms with Crippen LogP contribution in [0.15, 0.2) is 60.9 Å². The number of nitrogens with zero attached hydrogens (tertiary/aromatic N) is 3. The minimum atomic E-state index is -1.02. The second-order valence-corrected chi connectivity index (χ2v) is 9.19. The van der Waals surface area contributed by atoms with Crippen LogP contribution in [-0.4, -0.2) is 51.9 Å². The first-order chi connectivity index (χ1) is 17.3. The van der Waals surface area contributed by atoms with Crippen molar-refractivity contribution in [2.45, 2.75) is 24.5 Å². The molecule has 3 amide bonds. The molecule has 0 aliphatic carbocycles. The standard InChI is InChI=1S/C25H23ClN6O4/c26-17-6-7-19-18(11-17)25(36-24(35)31-19)8-9-32(14-25)22(34)20(10-15-4-2-1-3-5-15)30-21(33)16-12-28-23(27)29-13-16/h1-7,11-13,20H,8-10,14H2,(H,30,33)(H,31,35)(H2,27,28,29). The predicted molar refractivity (Wildman–Crippen MR) is 132 cm³/mol. The van der Waals surface area contributed by atoms with Crippen LogP contribution in [0, 0.1) is 0 Å². The number of benzene rings is 2. The molecule has 11 heteroatoms. The van der Waals surface area contributed by atoms with Crippen molar-refractivity contribution in [1.82, 2.24) is 20.2 Å². The number of rotatable bonds is 5. The van der Waals surface area contributed by atoms with Gasteiger partial charge in [-0.15, -0.1) is 0 Å². The van der Waals surface area contributed by atoms with Crippen LogP contribution in [0.25, 0.3) is 0 Å². The Balaban J connectivity index is 1.40. The van der Waals surface area contributed by atoms with E-state index in [0.717, 1.165) is 5.56 Å². The van der Waals surface area contributed by atoms with Crippen LogP contribution in [0.4, 0.5) is 16.4 Å². The molecule has 0 saturated carbocycles. The highest BCUT2D eigenvalue weighted by atomic mass is 35.5. The molecule has 3 heterocycles. The van der Waals surface area contributed by atoms with E-state index >= 15 is 0 Å². The Morgan fingerprint density at radius 1 is 1.19 bits per heavy atom. The van der Waals surface area contributed by atoms with Gasteiger partial charge in [0.15, 0.2) is 5.60 Å². The summed E-state index contributed by atoms with van der Waals surface area (Å²) in [6, 6.07) is 13.7. The van der Waals surface area contributed by atoms with E-state index in [9.17, 15) is 14.4 Å². The first-order valence-electron chi connectivity index (χ1n) is 11.3. The molecule has 1 fully saturated rings. The minimum absolute atomic E-state index is 0.0442. The van der Waals surface area contributed by atoms with Gasteiger partial charge in [-0.05, 0) is 23.8 Å². The molecular formula is C25H23ClN6O4. The largest absolute Gasteiger partial charge is 0.436 e. The van der Waals surface area contributed by atoms with E-state index in [2.05, 4.69) is 20.6 Å². The number of hydrogen-bond donors (Lipinski definition) is 3. The molecule has 10 nitrogen and oxygen atoms in total. The molecule has 5 rings (SSSR count). The summed E-state index contributed by atoms with van der Waals surface area (Å²) in [5.74, 6) is -0.745. The Labute approximate surface area is 211 Å². The maximum Gasteiger partial charge on any atom is 0.412 e. The molecule has 2 unspecified atom stereocenters. The summed E-state index contributed by atoms with van der Waals surface area (Å²) in [6.45, 7) is 0.475. The van der Waals surface area contributed by atoms with Crippen molar-refractivity contribution in [3.8, 4) is 0 Å². The number of halogens is 1. The van der Waals surface area contributed by atoms with Gasteiger partial charge >= 0.3 is 6.09 Å². The Bertz CT molecular complexity index is 1320. The number of anilines is 2. The van der Waals surface area contributed by atoms with Crippen molar-refractivity contribution in [1.29, 1.82) is 0 Å². The number of likely N-dealkylation sites (tertiary alicyclic amines) is 1. The van der Waals surface area contributed by atoms with E-state index in [1.165, 1.54) is 12.4 Å².